The van der Waals surface area contributed by atoms with Gasteiger partial charge in [0.05, 0.1) is 40.4 Å². The fourth-order valence-corrected chi connectivity index (χ4v) is 16.4. The Hall–Kier alpha value is -10.7. The molecule has 4 heterocycles. The molecule has 0 amide bonds. The van der Waals surface area contributed by atoms with Crippen molar-refractivity contribution < 1.29 is 6.85 Å². The van der Waals surface area contributed by atoms with Gasteiger partial charge in [-0.25, -0.2) is 0 Å². The Labute approximate surface area is 592 Å². The molecule has 0 radical (unpaired) electrons. The minimum atomic E-state index is -1.03. The lowest BCUT2D eigenvalue weighted by molar-refractivity contribution is 0.587. The van der Waals surface area contributed by atoms with Crippen molar-refractivity contribution in [3.63, 3.8) is 0 Å². The first-order chi connectivity index (χ1) is 49.7. The summed E-state index contributed by atoms with van der Waals surface area (Å²) in [6, 6.07) is 95.6. The summed E-state index contributed by atoms with van der Waals surface area (Å²) in [6.45, 7) is 27.3. The van der Waals surface area contributed by atoms with Crippen LogP contribution in [0.2, 0.25) is 0 Å². The van der Waals surface area contributed by atoms with E-state index in [4.69, 9.17) is 1.37 Å². The Kier molecular flexibility index (Phi) is 12.9. The molecule has 0 aliphatic carbocycles. The van der Waals surface area contributed by atoms with E-state index in [0.717, 1.165) is 123 Å². The molecular weight excluding hydrogens is 1190 g/mol. The van der Waals surface area contributed by atoms with Gasteiger partial charge in [-0.3, -0.25) is 0 Å². The predicted molar refractivity (Wildman–Crippen MR) is 423 cm³/mol. The van der Waals surface area contributed by atoms with Crippen molar-refractivity contribution in [1.82, 2.24) is 4.57 Å². The largest absolute Gasteiger partial charge is 0.310 e. The summed E-state index contributed by atoms with van der Waals surface area (Å²) in [5.74, 6) is 0. The molecule has 3 aliphatic heterocycles. The van der Waals surface area contributed by atoms with Crippen molar-refractivity contribution in [2.45, 2.75) is 110 Å². The number of fused-ring (bicyclic) bond motifs is 13. The summed E-state index contributed by atoms with van der Waals surface area (Å²) in [5.41, 5.74) is 27.5. The van der Waals surface area contributed by atoms with Gasteiger partial charge in [0.2, 0.25) is 6.71 Å². The zero-order valence-electron chi connectivity index (χ0n) is 63.7. The molecule has 0 atom stereocenters. The quantitative estimate of drug-likeness (QED) is 0.147. The molecule has 0 saturated heterocycles. The van der Waals surface area contributed by atoms with E-state index in [1.54, 1.807) is 0 Å². The third-order valence-corrected chi connectivity index (χ3v) is 21.5. The second-order valence-electron chi connectivity index (χ2n) is 31.8. The number of anilines is 6. The van der Waals surface area contributed by atoms with Crippen molar-refractivity contribution in [2.24, 2.45) is 0 Å². The average Bonchev–Trinajstić information content (AvgIpc) is 0.706. The molecule has 3 nitrogen and oxygen atoms in total. The molecule has 0 saturated carbocycles. The van der Waals surface area contributed by atoms with Crippen LogP contribution in [0.25, 0.3) is 72.0 Å². The first-order valence-corrected chi connectivity index (χ1v) is 35.1. The molecule has 0 fully saturated rings. The van der Waals surface area contributed by atoms with E-state index in [2.05, 4.69) is 352 Å². The first-order valence-electron chi connectivity index (χ1n) is 37.6. The van der Waals surface area contributed by atoms with E-state index in [-0.39, 0.29) is 46.0 Å². The molecule has 0 N–H and O–H groups in total. The highest BCUT2D eigenvalue weighted by atomic mass is 15.2. The van der Waals surface area contributed by atoms with Crippen molar-refractivity contribution in [1.29, 1.82) is 0 Å². The number of para-hydroxylation sites is 2. The van der Waals surface area contributed by atoms with Gasteiger partial charge >= 0.3 is 0 Å². The number of hydrogen-bond acceptors (Lipinski definition) is 2. The van der Waals surface area contributed by atoms with Crippen molar-refractivity contribution >= 4 is 79.0 Å². The van der Waals surface area contributed by atoms with Crippen LogP contribution >= 0.6 is 0 Å². The van der Waals surface area contributed by atoms with Crippen molar-refractivity contribution in [3.05, 3.63) is 336 Å². The molecule has 1 aromatic heterocycles. The molecular formula is C95H84BN3. The molecule has 99 heavy (non-hydrogen) atoms. The van der Waals surface area contributed by atoms with Gasteiger partial charge in [-0.05, 0) is 189 Å². The van der Waals surface area contributed by atoms with E-state index < -0.39 is 23.6 Å². The Bertz CT molecular complexity index is 5640. The highest BCUT2D eigenvalue weighted by molar-refractivity contribution is 6.99. The first kappa shape index (κ1) is 56.4. The zero-order valence-corrected chi connectivity index (χ0v) is 58.7. The maximum atomic E-state index is 9.68. The molecule has 17 rings (SSSR count). The molecule has 13 aromatic carbocycles. The van der Waals surface area contributed by atoms with Crippen LogP contribution in [-0.2, 0) is 27.1 Å². The number of benzene rings is 13. The number of hydrogen-bond donors (Lipinski definition) is 0. The summed E-state index contributed by atoms with van der Waals surface area (Å²) in [6.07, 6.45) is 0. The molecule has 14 aromatic rings. The van der Waals surface area contributed by atoms with Gasteiger partial charge in [0.25, 0.3) is 0 Å². The highest BCUT2D eigenvalue weighted by Gasteiger charge is 2.56. The van der Waals surface area contributed by atoms with Gasteiger partial charge in [0.15, 0.2) is 0 Å². The monoisotopic (exact) mass is 1280 g/mol. The lowest BCUT2D eigenvalue weighted by atomic mass is 9.29. The number of aromatic nitrogens is 1. The molecule has 3 aliphatic rings. The predicted octanol–water partition coefficient (Wildman–Crippen LogP) is 23.4. The molecule has 0 unspecified atom stereocenters. The van der Waals surface area contributed by atoms with Crippen LogP contribution in [0.4, 0.5) is 34.1 Å². The van der Waals surface area contributed by atoms with E-state index in [9.17, 15) is 5.48 Å². The SMILES string of the molecule is [2H]c1c([2H])c([2H])c(-c2ccc3c(c2)B2c4ccc(-n5c6ccc(C(C)(C)C)cc6c6cc(C(C)(C)C)ccc65)cc4N(c4c(-c5ccccc5)cc(C(C)(C)C)cc4-c4ccccc4)c4cc(C(C)(C)C)cc(c42)C32c3ccccc3N(c3ccc(-c4ccccc4)cc3)c3ccccc32)c([2H])c1[2H]. The van der Waals surface area contributed by atoms with Crippen LogP contribution in [-0.4, -0.2) is 11.3 Å². The molecule has 0 bridgehead atoms. The van der Waals surface area contributed by atoms with Crippen LogP contribution in [0.5, 0.6) is 0 Å². The second kappa shape index (κ2) is 22.7. The third kappa shape index (κ3) is 9.91. The average molecular weight is 1280 g/mol. The smallest absolute Gasteiger partial charge is 0.247 e. The van der Waals surface area contributed by atoms with Crippen LogP contribution in [0.15, 0.2) is 291 Å². The second-order valence-corrected chi connectivity index (χ2v) is 31.8. The summed E-state index contributed by atoms with van der Waals surface area (Å²) in [5, 5.41) is 2.41. The normalized spacial score (nSPS) is 14.6. The van der Waals surface area contributed by atoms with E-state index in [0.29, 0.717) is 5.56 Å². The summed E-state index contributed by atoms with van der Waals surface area (Å²) in [7, 11) is 0. The van der Waals surface area contributed by atoms with Gasteiger partial charge in [-0.1, -0.05) is 301 Å². The Morgan fingerprint density at radius 3 is 1.32 bits per heavy atom. The van der Waals surface area contributed by atoms with Gasteiger partial charge in [0.1, 0.15) is 0 Å². The lowest BCUT2D eigenvalue weighted by Crippen LogP contribution is -2.65. The zero-order chi connectivity index (χ0) is 72.4. The van der Waals surface area contributed by atoms with Gasteiger partial charge in [-0.15, -0.1) is 0 Å². The molecule has 482 valence electrons. The van der Waals surface area contributed by atoms with Crippen LogP contribution in [0, 0.1) is 0 Å². The van der Waals surface area contributed by atoms with Crippen LogP contribution < -0.4 is 26.2 Å². The lowest BCUT2D eigenvalue weighted by Gasteiger charge is -2.53. The van der Waals surface area contributed by atoms with Crippen LogP contribution in [0.3, 0.4) is 0 Å². The van der Waals surface area contributed by atoms with Gasteiger partial charge in [-0.2, -0.15) is 0 Å². The summed E-state index contributed by atoms with van der Waals surface area (Å²) in [4.78, 5) is 5.10. The maximum Gasteiger partial charge on any atom is 0.247 e. The molecule has 4 heteroatoms. The van der Waals surface area contributed by atoms with Crippen molar-refractivity contribution in [3.8, 4) is 50.2 Å². The molecule has 1 spiro atoms. The fourth-order valence-electron chi connectivity index (χ4n) is 16.4. The van der Waals surface area contributed by atoms with Crippen LogP contribution in [0.1, 0.15) is 134 Å². The third-order valence-electron chi connectivity index (χ3n) is 21.5. The number of rotatable bonds is 7. The topological polar surface area (TPSA) is 11.4 Å². The van der Waals surface area contributed by atoms with E-state index in [1.807, 2.05) is 6.07 Å². The maximum absolute atomic E-state index is 9.68. The minimum absolute atomic E-state index is 0.0995. The van der Waals surface area contributed by atoms with Gasteiger partial charge in [0, 0.05) is 44.6 Å². The van der Waals surface area contributed by atoms with Crippen molar-refractivity contribution in [2.75, 3.05) is 9.80 Å². The minimum Gasteiger partial charge on any atom is -0.310 e. The fraction of sp³-hybridized carbons (Fsp3) is 0.179. The Morgan fingerprint density at radius 1 is 0.313 bits per heavy atom. The standard InChI is InChI=1S/C95H84BN3/c1-91(2,3)67-44-51-83-75(54-67)76-55-68(92(4,5)6)45-52-84(76)98(83)72-48-50-81-87(60-72)99(90-73(64-33-21-15-22-34-64)56-69(93(7,8)9)57-74(90)65-35-23-16-24-36-65)88-59-70(94(10,11)12)58-80-89(88)96(81)82-53-66(62-31-19-14-20-32-62)43-49-77(82)95(80)78-37-25-27-39-85(78)97(86-40-28-26-38-79(86)95)71-46-41-63(42-47-71)61-29-17-13-18-30-61/h13-60H,1-12H3/i14D,19D,20D,31D,32D. The highest BCUT2D eigenvalue weighted by Crippen LogP contribution is 2.61. The van der Waals surface area contributed by atoms with E-state index >= 15 is 0 Å². The Balaban J connectivity index is 1.06. The summed E-state index contributed by atoms with van der Waals surface area (Å²) < 4.78 is 49.0. The Morgan fingerprint density at radius 2 is 0.788 bits per heavy atom. The van der Waals surface area contributed by atoms with Gasteiger partial charge < -0.3 is 14.4 Å². The summed E-state index contributed by atoms with van der Waals surface area (Å²) >= 11 is 0. The number of nitrogens with zero attached hydrogens (tertiary/aromatic N) is 3. The van der Waals surface area contributed by atoms with E-state index in [1.165, 1.54) is 33.0 Å².